The summed E-state index contributed by atoms with van der Waals surface area (Å²) in [6.45, 7) is 4.58. The van der Waals surface area contributed by atoms with Crippen LogP contribution < -0.4 is 15.4 Å². The third kappa shape index (κ3) is 4.91. The lowest BCUT2D eigenvalue weighted by molar-refractivity contribution is -0.118. The number of ketones is 1. The van der Waals surface area contributed by atoms with Crippen molar-refractivity contribution in [2.24, 2.45) is 5.41 Å². The molecule has 5 nitrogen and oxygen atoms in total. The van der Waals surface area contributed by atoms with Crippen molar-refractivity contribution < 1.29 is 14.6 Å². The molecule has 1 heterocycles. The number of rotatable bonds is 4. The van der Waals surface area contributed by atoms with Crippen molar-refractivity contribution in [1.29, 1.82) is 0 Å². The molecule has 3 aromatic carbocycles. The minimum atomic E-state index is -0.462. The van der Waals surface area contributed by atoms with Crippen LogP contribution in [0.1, 0.15) is 43.9 Å². The summed E-state index contributed by atoms with van der Waals surface area (Å²) in [7, 11) is 0. The molecule has 180 valence electrons. The lowest BCUT2D eigenvalue weighted by atomic mass is 9.73. The number of para-hydroxylation sites is 1. The van der Waals surface area contributed by atoms with Gasteiger partial charge in [-0.15, -0.1) is 0 Å². The van der Waals surface area contributed by atoms with Gasteiger partial charge in [0.1, 0.15) is 23.8 Å². The zero-order valence-electron chi connectivity index (χ0n) is 19.5. The molecule has 3 aromatic rings. The van der Waals surface area contributed by atoms with Crippen LogP contribution in [0.2, 0.25) is 5.02 Å². The number of aromatic hydroxyl groups is 1. The molecule has 1 unspecified atom stereocenters. The Morgan fingerprint density at radius 1 is 1.11 bits per heavy atom. The molecule has 0 saturated heterocycles. The van der Waals surface area contributed by atoms with Gasteiger partial charge in [0.25, 0.3) is 0 Å². The number of ether oxygens (including phenoxy) is 1. The summed E-state index contributed by atoms with van der Waals surface area (Å²) in [6, 6.07) is 18.3. The number of fused-ring (bicyclic) bond motifs is 1. The van der Waals surface area contributed by atoms with Gasteiger partial charge in [-0.3, -0.25) is 4.79 Å². The Bertz CT molecular complexity index is 1350. The number of phenols is 1. The average molecular weight is 554 g/mol. The number of carbonyl (C=O) groups excluding carboxylic acids is 1. The predicted molar refractivity (Wildman–Crippen MR) is 143 cm³/mol. The van der Waals surface area contributed by atoms with Crippen LogP contribution in [0.25, 0.3) is 0 Å². The second kappa shape index (κ2) is 9.25. The maximum Gasteiger partial charge on any atom is 0.163 e. The fraction of sp³-hybridized carbons (Fsp3) is 0.250. The number of Topliss-reactive ketones (excluding diaryl/α,β-unsaturated/α-hetero) is 1. The number of hydrogen-bond donors (Lipinski definition) is 3. The molecule has 1 aliphatic carbocycles. The molecule has 0 amide bonds. The number of hydrogen-bond acceptors (Lipinski definition) is 5. The number of allylic oxidation sites excluding steroid dienone is 1. The van der Waals surface area contributed by atoms with E-state index in [1.807, 2.05) is 42.5 Å². The Labute approximate surface area is 218 Å². The van der Waals surface area contributed by atoms with Gasteiger partial charge >= 0.3 is 0 Å². The molecule has 7 heteroatoms. The Kier molecular flexibility index (Phi) is 6.28. The van der Waals surface area contributed by atoms with Crippen LogP contribution in [0.5, 0.6) is 11.5 Å². The van der Waals surface area contributed by atoms with E-state index in [2.05, 4.69) is 40.4 Å². The molecule has 0 bridgehead atoms. The summed E-state index contributed by atoms with van der Waals surface area (Å²) in [6.07, 6.45) is 1.13. The molecule has 5 rings (SSSR count). The van der Waals surface area contributed by atoms with E-state index in [9.17, 15) is 9.90 Å². The lowest BCUT2D eigenvalue weighted by Gasteiger charge is -2.34. The highest BCUT2D eigenvalue weighted by Gasteiger charge is 2.39. The van der Waals surface area contributed by atoms with Crippen LogP contribution in [0.15, 0.2) is 76.4 Å². The summed E-state index contributed by atoms with van der Waals surface area (Å²) in [4.78, 5) is 13.4. The number of nitrogens with one attached hydrogen (secondary N) is 2. The van der Waals surface area contributed by atoms with Crippen molar-refractivity contribution in [3.05, 3.63) is 92.6 Å². The van der Waals surface area contributed by atoms with Gasteiger partial charge < -0.3 is 20.5 Å². The molecule has 0 spiro atoms. The van der Waals surface area contributed by atoms with Gasteiger partial charge in [-0.1, -0.05) is 65.6 Å². The van der Waals surface area contributed by atoms with Crippen molar-refractivity contribution in [2.45, 2.75) is 39.3 Å². The van der Waals surface area contributed by atoms with Crippen molar-refractivity contribution in [1.82, 2.24) is 0 Å². The van der Waals surface area contributed by atoms with Crippen LogP contribution in [0.4, 0.5) is 11.4 Å². The lowest BCUT2D eigenvalue weighted by Crippen LogP contribution is -2.31. The van der Waals surface area contributed by atoms with E-state index < -0.39 is 6.04 Å². The SMILES string of the molecule is CC1(C)CC(=O)C2=C(C1)Nc1c(O)cccc1NC2c1ccc(OCc2cccc(Br)c2)cc1Cl. The topological polar surface area (TPSA) is 70.6 Å². The number of benzene rings is 3. The maximum absolute atomic E-state index is 13.4. The number of phenolic OH excluding ortho intramolecular Hbond substituents is 1. The Morgan fingerprint density at radius 2 is 1.91 bits per heavy atom. The van der Waals surface area contributed by atoms with Crippen LogP contribution >= 0.6 is 27.5 Å². The van der Waals surface area contributed by atoms with Gasteiger partial charge in [-0.2, -0.15) is 0 Å². The summed E-state index contributed by atoms with van der Waals surface area (Å²) >= 11 is 10.3. The zero-order chi connectivity index (χ0) is 24.7. The second-order valence-corrected chi connectivity index (χ2v) is 11.2. The van der Waals surface area contributed by atoms with E-state index >= 15 is 0 Å². The molecule has 0 saturated carbocycles. The Hall–Kier alpha value is -2.96. The van der Waals surface area contributed by atoms with E-state index in [-0.39, 0.29) is 16.9 Å². The average Bonchev–Trinajstić information content (AvgIpc) is 2.94. The third-order valence-electron chi connectivity index (χ3n) is 6.40. The Balaban J connectivity index is 1.51. The Morgan fingerprint density at radius 3 is 2.69 bits per heavy atom. The van der Waals surface area contributed by atoms with Gasteiger partial charge in [0.2, 0.25) is 0 Å². The van der Waals surface area contributed by atoms with Crippen LogP contribution in [-0.2, 0) is 11.4 Å². The number of anilines is 2. The molecular weight excluding hydrogens is 528 g/mol. The predicted octanol–water partition coefficient (Wildman–Crippen LogP) is 7.61. The van der Waals surface area contributed by atoms with E-state index in [1.165, 1.54) is 0 Å². The van der Waals surface area contributed by atoms with Gasteiger partial charge in [0.05, 0.1) is 11.7 Å². The molecule has 2 aliphatic rings. The largest absolute Gasteiger partial charge is 0.506 e. The fourth-order valence-electron chi connectivity index (χ4n) is 4.81. The molecule has 0 fully saturated rings. The van der Waals surface area contributed by atoms with Gasteiger partial charge in [-0.25, -0.2) is 0 Å². The molecule has 3 N–H and O–H groups in total. The van der Waals surface area contributed by atoms with Gasteiger partial charge in [-0.05, 0) is 59.4 Å². The summed E-state index contributed by atoms with van der Waals surface area (Å²) in [5.41, 5.74) is 4.38. The first-order valence-corrected chi connectivity index (χ1v) is 12.7. The quantitative estimate of drug-likeness (QED) is 0.290. The monoisotopic (exact) mass is 552 g/mol. The van der Waals surface area contributed by atoms with E-state index in [0.717, 1.165) is 21.3 Å². The number of carbonyl (C=O) groups is 1. The van der Waals surface area contributed by atoms with Crippen molar-refractivity contribution in [3.8, 4) is 11.5 Å². The fourth-order valence-corrected chi connectivity index (χ4v) is 5.54. The summed E-state index contributed by atoms with van der Waals surface area (Å²) in [5, 5.41) is 17.9. The van der Waals surface area contributed by atoms with Crippen molar-refractivity contribution >= 4 is 44.7 Å². The smallest absolute Gasteiger partial charge is 0.163 e. The molecule has 0 radical (unpaired) electrons. The number of halogens is 2. The standard InChI is InChI=1S/C28H26BrClN2O3/c1-28(2)13-22-25(24(34)14-28)26(31-21-7-4-8-23(33)27(21)32-22)19-10-9-18(12-20(19)30)35-15-16-5-3-6-17(29)11-16/h3-12,26,31-33H,13-15H2,1-2H3. The normalized spacial score (nSPS) is 18.6. The highest BCUT2D eigenvalue weighted by atomic mass is 79.9. The highest BCUT2D eigenvalue weighted by Crippen LogP contribution is 2.48. The van der Waals surface area contributed by atoms with E-state index in [0.29, 0.717) is 47.2 Å². The van der Waals surface area contributed by atoms with E-state index in [1.54, 1.807) is 18.2 Å². The van der Waals surface area contributed by atoms with Crippen LogP contribution in [0.3, 0.4) is 0 Å². The molecule has 0 aromatic heterocycles. The maximum atomic E-state index is 13.4. The van der Waals surface area contributed by atoms with Gasteiger partial charge in [0, 0.05) is 27.2 Å². The molecule has 1 aliphatic heterocycles. The van der Waals surface area contributed by atoms with Crippen LogP contribution in [-0.4, -0.2) is 10.9 Å². The first kappa shape index (κ1) is 23.8. The summed E-state index contributed by atoms with van der Waals surface area (Å²) in [5.74, 6) is 0.842. The first-order chi connectivity index (χ1) is 16.7. The van der Waals surface area contributed by atoms with E-state index in [4.69, 9.17) is 16.3 Å². The molecular formula is C28H26BrClN2O3. The van der Waals surface area contributed by atoms with Crippen molar-refractivity contribution in [2.75, 3.05) is 10.6 Å². The minimum absolute atomic E-state index is 0.0691. The first-order valence-electron chi connectivity index (χ1n) is 11.5. The van der Waals surface area contributed by atoms with Crippen molar-refractivity contribution in [3.63, 3.8) is 0 Å². The van der Waals surface area contributed by atoms with Crippen LogP contribution in [0, 0.1) is 5.41 Å². The third-order valence-corrected chi connectivity index (χ3v) is 7.22. The summed E-state index contributed by atoms with van der Waals surface area (Å²) < 4.78 is 6.97. The second-order valence-electron chi connectivity index (χ2n) is 9.84. The highest BCUT2D eigenvalue weighted by molar-refractivity contribution is 9.10. The molecule has 35 heavy (non-hydrogen) atoms. The minimum Gasteiger partial charge on any atom is -0.506 e. The van der Waals surface area contributed by atoms with Gasteiger partial charge in [0.15, 0.2) is 5.78 Å². The zero-order valence-corrected chi connectivity index (χ0v) is 21.8. The molecule has 1 atom stereocenters.